The number of piperidine rings is 1. The zero-order chi connectivity index (χ0) is 12.3. The smallest absolute Gasteiger partial charge is 0.229 e. The van der Waals surface area contributed by atoms with Gasteiger partial charge in [0, 0.05) is 19.1 Å². The summed E-state index contributed by atoms with van der Waals surface area (Å²) >= 11 is 0. The predicted octanol–water partition coefficient (Wildman–Crippen LogP) is 0.524. The number of hydrogen-bond acceptors (Lipinski definition) is 3. The van der Waals surface area contributed by atoms with Gasteiger partial charge < -0.3 is 15.5 Å². The Morgan fingerprint density at radius 2 is 2.12 bits per heavy atom. The second-order valence-electron chi connectivity index (χ2n) is 5.57. The van der Waals surface area contributed by atoms with Gasteiger partial charge in [0.2, 0.25) is 5.91 Å². The summed E-state index contributed by atoms with van der Waals surface area (Å²) in [5.41, 5.74) is 5.59. The van der Waals surface area contributed by atoms with E-state index < -0.39 is 5.41 Å². The quantitative estimate of drug-likeness (QED) is 0.762. The van der Waals surface area contributed by atoms with E-state index >= 15 is 0 Å². The number of hydrogen-bond donors (Lipinski definition) is 1. The first-order valence-electron chi connectivity index (χ1n) is 6.05. The van der Waals surface area contributed by atoms with E-state index in [4.69, 9.17) is 5.73 Å². The first kappa shape index (κ1) is 13.5. The summed E-state index contributed by atoms with van der Waals surface area (Å²) in [4.78, 5) is 16.3. The molecule has 0 bridgehead atoms. The molecule has 0 saturated carbocycles. The standard InChI is InChI=1S/C12H25N3O/c1-12(2)10(13)6-9-15(11(12)16)8-5-7-14(3)4/h10H,5-9,13H2,1-4H3. The van der Waals surface area contributed by atoms with Crippen molar-refractivity contribution in [3.8, 4) is 0 Å². The molecule has 2 N–H and O–H groups in total. The molecule has 0 aliphatic carbocycles. The van der Waals surface area contributed by atoms with Crippen molar-refractivity contribution in [3.63, 3.8) is 0 Å². The second-order valence-corrected chi connectivity index (χ2v) is 5.57. The fourth-order valence-electron chi connectivity index (χ4n) is 2.11. The van der Waals surface area contributed by atoms with Crippen LogP contribution in [0.5, 0.6) is 0 Å². The van der Waals surface area contributed by atoms with E-state index in [1.165, 1.54) is 0 Å². The van der Waals surface area contributed by atoms with Gasteiger partial charge in [-0.3, -0.25) is 4.79 Å². The average molecular weight is 227 g/mol. The summed E-state index contributed by atoms with van der Waals surface area (Å²) in [6.45, 7) is 6.61. The molecule has 0 spiro atoms. The summed E-state index contributed by atoms with van der Waals surface area (Å²) in [6.07, 6.45) is 1.95. The van der Waals surface area contributed by atoms with Crippen LogP contribution in [0.2, 0.25) is 0 Å². The number of amides is 1. The maximum Gasteiger partial charge on any atom is 0.229 e. The van der Waals surface area contributed by atoms with Gasteiger partial charge in [0.15, 0.2) is 0 Å². The average Bonchev–Trinajstić information content (AvgIpc) is 2.19. The summed E-state index contributed by atoms with van der Waals surface area (Å²) in [5, 5.41) is 0. The van der Waals surface area contributed by atoms with Gasteiger partial charge in [-0.25, -0.2) is 0 Å². The summed E-state index contributed by atoms with van der Waals surface area (Å²) in [6, 6.07) is 0.00472. The van der Waals surface area contributed by atoms with Crippen molar-refractivity contribution >= 4 is 5.91 Å². The molecule has 94 valence electrons. The third kappa shape index (κ3) is 2.95. The van der Waals surface area contributed by atoms with Crippen molar-refractivity contribution in [2.45, 2.75) is 32.7 Å². The molecule has 1 amide bonds. The molecule has 1 aliphatic heterocycles. The summed E-state index contributed by atoms with van der Waals surface area (Å²) in [5.74, 6) is 0.213. The first-order valence-corrected chi connectivity index (χ1v) is 6.05. The van der Waals surface area contributed by atoms with E-state index in [2.05, 4.69) is 19.0 Å². The molecule has 1 atom stereocenters. The lowest BCUT2D eigenvalue weighted by molar-refractivity contribution is -0.145. The Labute approximate surface area is 98.8 Å². The number of nitrogens with zero attached hydrogens (tertiary/aromatic N) is 2. The van der Waals surface area contributed by atoms with Gasteiger partial charge in [-0.2, -0.15) is 0 Å². The predicted molar refractivity (Wildman–Crippen MR) is 66.1 cm³/mol. The van der Waals surface area contributed by atoms with E-state index in [-0.39, 0.29) is 11.9 Å². The molecular formula is C12H25N3O. The van der Waals surface area contributed by atoms with Crippen molar-refractivity contribution < 1.29 is 4.79 Å². The largest absolute Gasteiger partial charge is 0.342 e. The molecular weight excluding hydrogens is 202 g/mol. The van der Waals surface area contributed by atoms with Gasteiger partial charge in [0.25, 0.3) is 0 Å². The van der Waals surface area contributed by atoms with Crippen LogP contribution < -0.4 is 5.73 Å². The highest BCUT2D eigenvalue weighted by atomic mass is 16.2. The Bertz CT molecular complexity index is 251. The molecule has 1 saturated heterocycles. The number of nitrogens with two attached hydrogens (primary N) is 1. The van der Waals surface area contributed by atoms with Gasteiger partial charge in [-0.05, 0) is 47.3 Å². The SMILES string of the molecule is CN(C)CCCN1CCC(N)C(C)(C)C1=O. The Morgan fingerprint density at radius 1 is 1.50 bits per heavy atom. The molecule has 4 heteroatoms. The van der Waals surface area contributed by atoms with E-state index in [0.29, 0.717) is 0 Å². The van der Waals surface area contributed by atoms with Crippen LogP contribution in [0.4, 0.5) is 0 Å². The van der Waals surface area contributed by atoms with Crippen LogP contribution in [-0.4, -0.2) is 55.5 Å². The minimum absolute atomic E-state index is 0.00472. The topological polar surface area (TPSA) is 49.6 Å². The summed E-state index contributed by atoms with van der Waals surface area (Å²) < 4.78 is 0. The lowest BCUT2D eigenvalue weighted by atomic mass is 9.79. The van der Waals surface area contributed by atoms with E-state index in [1.54, 1.807) is 0 Å². The number of carbonyl (C=O) groups is 1. The Balaban J connectivity index is 2.47. The fourth-order valence-corrected chi connectivity index (χ4v) is 2.11. The normalized spacial score (nSPS) is 25.2. The van der Waals surface area contributed by atoms with Crippen LogP contribution in [0.3, 0.4) is 0 Å². The molecule has 1 unspecified atom stereocenters. The van der Waals surface area contributed by atoms with Crippen molar-refractivity contribution in [1.82, 2.24) is 9.80 Å². The maximum atomic E-state index is 12.2. The van der Waals surface area contributed by atoms with Gasteiger partial charge in [0.05, 0.1) is 5.41 Å². The molecule has 0 aromatic heterocycles. The third-order valence-electron chi connectivity index (χ3n) is 3.51. The van der Waals surface area contributed by atoms with Gasteiger partial charge >= 0.3 is 0 Å². The highest BCUT2D eigenvalue weighted by Gasteiger charge is 2.41. The minimum Gasteiger partial charge on any atom is -0.342 e. The molecule has 0 aromatic rings. The fraction of sp³-hybridized carbons (Fsp3) is 0.917. The third-order valence-corrected chi connectivity index (χ3v) is 3.51. The molecule has 1 rings (SSSR count). The van der Waals surface area contributed by atoms with Crippen molar-refractivity contribution in [1.29, 1.82) is 0 Å². The zero-order valence-corrected chi connectivity index (χ0v) is 11.0. The van der Waals surface area contributed by atoms with E-state index in [9.17, 15) is 4.79 Å². The van der Waals surface area contributed by atoms with Crippen LogP contribution >= 0.6 is 0 Å². The molecule has 1 aliphatic rings. The van der Waals surface area contributed by atoms with Crippen molar-refractivity contribution in [3.05, 3.63) is 0 Å². The monoisotopic (exact) mass is 227 g/mol. The maximum absolute atomic E-state index is 12.2. The number of rotatable bonds is 4. The van der Waals surface area contributed by atoms with Crippen LogP contribution in [0.15, 0.2) is 0 Å². The Hall–Kier alpha value is -0.610. The minimum atomic E-state index is -0.392. The molecule has 1 fully saturated rings. The van der Waals surface area contributed by atoms with Gasteiger partial charge in [0.1, 0.15) is 0 Å². The second kappa shape index (κ2) is 5.15. The van der Waals surface area contributed by atoms with Crippen LogP contribution in [0, 0.1) is 5.41 Å². The van der Waals surface area contributed by atoms with E-state index in [0.717, 1.165) is 32.5 Å². The molecule has 0 radical (unpaired) electrons. The molecule has 4 nitrogen and oxygen atoms in total. The van der Waals surface area contributed by atoms with Crippen LogP contribution in [-0.2, 0) is 4.79 Å². The highest BCUT2D eigenvalue weighted by molar-refractivity contribution is 5.83. The van der Waals surface area contributed by atoms with Crippen LogP contribution in [0.25, 0.3) is 0 Å². The van der Waals surface area contributed by atoms with E-state index in [1.807, 2.05) is 18.7 Å². The summed E-state index contributed by atoms with van der Waals surface area (Å²) in [7, 11) is 4.11. The lowest BCUT2D eigenvalue weighted by Gasteiger charge is -2.41. The van der Waals surface area contributed by atoms with Crippen LogP contribution in [0.1, 0.15) is 26.7 Å². The number of carbonyl (C=O) groups excluding carboxylic acids is 1. The van der Waals surface area contributed by atoms with Crippen molar-refractivity contribution in [2.75, 3.05) is 33.7 Å². The molecule has 16 heavy (non-hydrogen) atoms. The number of likely N-dealkylation sites (tertiary alicyclic amines) is 1. The van der Waals surface area contributed by atoms with Gasteiger partial charge in [-0.1, -0.05) is 0 Å². The zero-order valence-electron chi connectivity index (χ0n) is 11.0. The molecule has 0 aromatic carbocycles. The van der Waals surface area contributed by atoms with Gasteiger partial charge in [-0.15, -0.1) is 0 Å². The lowest BCUT2D eigenvalue weighted by Crippen LogP contribution is -2.56. The van der Waals surface area contributed by atoms with Crippen molar-refractivity contribution in [2.24, 2.45) is 11.1 Å². The molecule has 1 heterocycles. The Morgan fingerprint density at radius 3 is 2.69 bits per heavy atom. The Kier molecular flexibility index (Phi) is 4.33. The first-order chi connectivity index (χ1) is 7.35. The highest BCUT2D eigenvalue weighted by Crippen LogP contribution is 2.29.